The van der Waals surface area contributed by atoms with Crippen molar-refractivity contribution in [3.05, 3.63) is 60.2 Å². The lowest BCUT2D eigenvalue weighted by Crippen LogP contribution is -2.07. The highest BCUT2D eigenvalue weighted by Gasteiger charge is 1.99. The summed E-state index contributed by atoms with van der Waals surface area (Å²) in [5, 5.41) is 2.78. The van der Waals surface area contributed by atoms with Gasteiger partial charge in [-0.1, -0.05) is 12.1 Å². The minimum atomic E-state index is -0.192. The van der Waals surface area contributed by atoms with Gasteiger partial charge in [-0.3, -0.25) is 4.79 Å². The zero-order valence-electron chi connectivity index (χ0n) is 12.0. The van der Waals surface area contributed by atoms with Crippen molar-refractivity contribution in [2.45, 2.75) is 0 Å². The number of carbonyl (C=O) groups excluding carboxylic acids is 1. The third kappa shape index (κ3) is 4.38. The Balaban J connectivity index is 1.98. The molecule has 0 saturated heterocycles. The van der Waals surface area contributed by atoms with Crippen LogP contribution in [0, 0.1) is 0 Å². The molecule has 2 aromatic carbocycles. The van der Waals surface area contributed by atoms with Gasteiger partial charge in [-0.2, -0.15) is 0 Å². The molecule has 1 amide bonds. The van der Waals surface area contributed by atoms with Gasteiger partial charge in [-0.15, -0.1) is 0 Å². The van der Waals surface area contributed by atoms with E-state index in [0.717, 1.165) is 22.7 Å². The Kier molecular flexibility index (Phi) is 4.99. The van der Waals surface area contributed by atoms with Gasteiger partial charge in [0.25, 0.3) is 0 Å². The summed E-state index contributed by atoms with van der Waals surface area (Å²) >= 11 is 0. The maximum Gasteiger partial charge on any atom is 0.248 e. The van der Waals surface area contributed by atoms with Gasteiger partial charge in [-0.05, 0) is 48.0 Å². The quantitative estimate of drug-likeness (QED) is 0.856. The number of hydrogen-bond donors (Lipinski definition) is 1. The van der Waals surface area contributed by atoms with Gasteiger partial charge in [0.1, 0.15) is 11.5 Å². The van der Waals surface area contributed by atoms with Crippen LogP contribution in [-0.4, -0.2) is 20.1 Å². The maximum atomic E-state index is 11.8. The van der Waals surface area contributed by atoms with Crippen molar-refractivity contribution in [1.29, 1.82) is 0 Å². The van der Waals surface area contributed by atoms with E-state index in [2.05, 4.69) is 5.32 Å². The summed E-state index contributed by atoms with van der Waals surface area (Å²) in [6.07, 6.45) is 3.22. The van der Waals surface area contributed by atoms with Gasteiger partial charge in [0.2, 0.25) is 5.91 Å². The summed E-state index contributed by atoms with van der Waals surface area (Å²) < 4.78 is 10.2. The molecule has 2 aromatic rings. The predicted octanol–water partition coefficient (Wildman–Crippen LogP) is 3.36. The smallest absolute Gasteiger partial charge is 0.248 e. The molecule has 2 rings (SSSR count). The van der Waals surface area contributed by atoms with Crippen LogP contribution in [0.2, 0.25) is 0 Å². The highest BCUT2D eigenvalue weighted by molar-refractivity contribution is 6.01. The van der Waals surface area contributed by atoms with E-state index in [1.807, 2.05) is 24.3 Å². The Morgan fingerprint density at radius 3 is 2.38 bits per heavy atom. The molecule has 21 heavy (non-hydrogen) atoms. The van der Waals surface area contributed by atoms with Crippen LogP contribution in [0.1, 0.15) is 5.56 Å². The summed E-state index contributed by atoms with van der Waals surface area (Å²) in [5.41, 5.74) is 1.62. The van der Waals surface area contributed by atoms with Crippen molar-refractivity contribution < 1.29 is 14.3 Å². The van der Waals surface area contributed by atoms with E-state index in [9.17, 15) is 4.79 Å². The molecule has 108 valence electrons. The summed E-state index contributed by atoms with van der Waals surface area (Å²) in [5.74, 6) is 1.32. The zero-order valence-corrected chi connectivity index (χ0v) is 12.0. The first-order valence-corrected chi connectivity index (χ1v) is 6.48. The molecule has 1 N–H and O–H groups in total. The molecule has 0 aliphatic rings. The van der Waals surface area contributed by atoms with Crippen LogP contribution in [0.3, 0.4) is 0 Å². The van der Waals surface area contributed by atoms with E-state index in [-0.39, 0.29) is 5.91 Å². The Bertz CT molecular complexity index is 633. The lowest BCUT2D eigenvalue weighted by atomic mass is 10.2. The zero-order chi connectivity index (χ0) is 15.1. The Morgan fingerprint density at radius 1 is 1.00 bits per heavy atom. The van der Waals surface area contributed by atoms with Crippen LogP contribution >= 0.6 is 0 Å². The lowest BCUT2D eigenvalue weighted by Gasteiger charge is -2.04. The van der Waals surface area contributed by atoms with Crippen LogP contribution < -0.4 is 14.8 Å². The summed E-state index contributed by atoms with van der Waals surface area (Å²) in [4.78, 5) is 11.8. The minimum absolute atomic E-state index is 0.192. The van der Waals surface area contributed by atoms with Gasteiger partial charge < -0.3 is 14.8 Å². The fourth-order valence-corrected chi connectivity index (χ4v) is 1.78. The molecule has 0 aliphatic heterocycles. The molecule has 0 saturated carbocycles. The van der Waals surface area contributed by atoms with Gasteiger partial charge in [0.15, 0.2) is 0 Å². The largest absolute Gasteiger partial charge is 0.497 e. The van der Waals surface area contributed by atoms with Crippen LogP contribution in [0.5, 0.6) is 11.5 Å². The lowest BCUT2D eigenvalue weighted by molar-refractivity contribution is -0.111. The highest BCUT2D eigenvalue weighted by atomic mass is 16.5. The van der Waals surface area contributed by atoms with Crippen molar-refractivity contribution in [2.75, 3.05) is 19.5 Å². The first kappa shape index (κ1) is 14.7. The van der Waals surface area contributed by atoms with Gasteiger partial charge in [-0.25, -0.2) is 0 Å². The Morgan fingerprint density at radius 2 is 1.71 bits per heavy atom. The first-order valence-electron chi connectivity index (χ1n) is 6.48. The number of anilines is 1. The van der Waals surface area contributed by atoms with Crippen LogP contribution in [0.15, 0.2) is 54.6 Å². The maximum absolute atomic E-state index is 11.8. The number of benzene rings is 2. The molecule has 0 heterocycles. The molecule has 0 bridgehead atoms. The molecular formula is C17H17NO3. The molecule has 4 heteroatoms. The summed E-state index contributed by atoms with van der Waals surface area (Å²) in [7, 11) is 3.21. The second kappa shape index (κ2) is 7.14. The predicted molar refractivity (Wildman–Crippen MR) is 83.7 cm³/mol. The summed E-state index contributed by atoms with van der Waals surface area (Å²) in [6, 6.07) is 14.7. The Hall–Kier alpha value is -2.75. The standard InChI is InChI=1S/C17H17NO3/c1-20-15-9-7-14(8-10-15)18-17(19)11-6-13-4-3-5-16(12-13)21-2/h3-12H,1-2H3,(H,18,19)/b11-6+. The van der Waals surface area contributed by atoms with E-state index < -0.39 is 0 Å². The first-order chi connectivity index (χ1) is 10.2. The topological polar surface area (TPSA) is 47.6 Å². The van der Waals surface area contributed by atoms with E-state index in [1.54, 1.807) is 44.6 Å². The number of hydrogen-bond acceptors (Lipinski definition) is 3. The average molecular weight is 283 g/mol. The normalized spacial score (nSPS) is 10.4. The number of methoxy groups -OCH3 is 2. The number of rotatable bonds is 5. The third-order valence-corrected chi connectivity index (χ3v) is 2.88. The van der Waals surface area contributed by atoms with Crippen molar-refractivity contribution in [3.8, 4) is 11.5 Å². The van der Waals surface area contributed by atoms with E-state index in [1.165, 1.54) is 6.08 Å². The number of carbonyl (C=O) groups is 1. The molecule has 0 atom stereocenters. The van der Waals surface area contributed by atoms with Crippen molar-refractivity contribution in [3.63, 3.8) is 0 Å². The van der Waals surface area contributed by atoms with Gasteiger partial charge in [0, 0.05) is 11.8 Å². The fourth-order valence-electron chi connectivity index (χ4n) is 1.78. The second-order valence-electron chi connectivity index (χ2n) is 4.33. The van der Waals surface area contributed by atoms with Crippen molar-refractivity contribution in [2.24, 2.45) is 0 Å². The van der Waals surface area contributed by atoms with Gasteiger partial charge in [0.05, 0.1) is 14.2 Å². The monoisotopic (exact) mass is 283 g/mol. The fraction of sp³-hybridized carbons (Fsp3) is 0.118. The second-order valence-corrected chi connectivity index (χ2v) is 4.33. The van der Waals surface area contributed by atoms with Crippen LogP contribution in [0.4, 0.5) is 5.69 Å². The summed E-state index contributed by atoms with van der Waals surface area (Å²) in [6.45, 7) is 0. The molecule has 4 nitrogen and oxygen atoms in total. The molecule has 0 aromatic heterocycles. The Labute approximate surface area is 124 Å². The van der Waals surface area contributed by atoms with E-state index in [0.29, 0.717) is 0 Å². The minimum Gasteiger partial charge on any atom is -0.497 e. The van der Waals surface area contributed by atoms with E-state index in [4.69, 9.17) is 9.47 Å². The van der Waals surface area contributed by atoms with Crippen LogP contribution in [0.25, 0.3) is 6.08 Å². The molecule has 0 unspecified atom stereocenters. The van der Waals surface area contributed by atoms with Crippen molar-refractivity contribution in [1.82, 2.24) is 0 Å². The molecule has 0 radical (unpaired) electrons. The molecule has 0 spiro atoms. The SMILES string of the molecule is COc1ccc(NC(=O)/C=C/c2cccc(OC)c2)cc1. The van der Waals surface area contributed by atoms with E-state index >= 15 is 0 Å². The molecule has 0 fully saturated rings. The van der Waals surface area contributed by atoms with Crippen LogP contribution in [-0.2, 0) is 4.79 Å². The van der Waals surface area contributed by atoms with Gasteiger partial charge >= 0.3 is 0 Å². The number of amides is 1. The molecule has 0 aliphatic carbocycles. The number of nitrogens with one attached hydrogen (secondary N) is 1. The third-order valence-electron chi connectivity index (χ3n) is 2.88. The number of ether oxygens (including phenoxy) is 2. The molecular weight excluding hydrogens is 266 g/mol. The van der Waals surface area contributed by atoms with Crippen molar-refractivity contribution >= 4 is 17.7 Å². The average Bonchev–Trinajstić information content (AvgIpc) is 2.54. The highest BCUT2D eigenvalue weighted by Crippen LogP contribution is 2.16.